The molecule has 0 bridgehead atoms. The zero-order chi connectivity index (χ0) is 10.3. The fourth-order valence-corrected chi connectivity index (χ4v) is 1.71. The van der Waals surface area contributed by atoms with E-state index in [4.69, 9.17) is 12.2 Å². The zero-order valence-corrected chi connectivity index (χ0v) is 9.22. The van der Waals surface area contributed by atoms with Gasteiger partial charge in [0.25, 0.3) is 0 Å². The van der Waals surface area contributed by atoms with E-state index in [0.717, 1.165) is 17.0 Å². The molecule has 0 fully saturated rings. The predicted molar refractivity (Wildman–Crippen MR) is 57.8 cm³/mol. The Kier molecular flexibility index (Phi) is 2.11. The van der Waals surface area contributed by atoms with Crippen LogP contribution >= 0.6 is 12.2 Å². The lowest BCUT2D eigenvalue weighted by molar-refractivity contribution is 0.612. The molecular formula is C9H12N4S. The Bertz CT molecular complexity index is 523. The number of nitrogens with zero attached hydrogens (tertiary/aromatic N) is 3. The first kappa shape index (κ1) is 9.33. The third-order valence-corrected chi connectivity index (χ3v) is 2.40. The van der Waals surface area contributed by atoms with E-state index in [-0.39, 0.29) is 0 Å². The molecule has 0 radical (unpaired) electrons. The lowest BCUT2D eigenvalue weighted by atomic mass is 10.4. The highest BCUT2D eigenvalue weighted by Gasteiger charge is 2.08. The second-order valence-electron chi connectivity index (χ2n) is 3.57. The first-order chi connectivity index (χ1) is 6.59. The summed E-state index contributed by atoms with van der Waals surface area (Å²) in [4.78, 5) is 11.6. The Morgan fingerprint density at radius 1 is 1.50 bits per heavy atom. The van der Waals surface area contributed by atoms with Gasteiger partial charge in [-0.3, -0.25) is 0 Å². The van der Waals surface area contributed by atoms with Gasteiger partial charge in [0, 0.05) is 6.04 Å². The number of fused-ring (bicyclic) bond motifs is 1. The van der Waals surface area contributed by atoms with Crippen LogP contribution in [-0.4, -0.2) is 19.5 Å². The predicted octanol–water partition coefficient (Wildman–Crippen LogP) is 2.38. The van der Waals surface area contributed by atoms with E-state index >= 15 is 0 Å². The van der Waals surface area contributed by atoms with Gasteiger partial charge in [0.15, 0.2) is 5.65 Å². The first-order valence-electron chi connectivity index (χ1n) is 4.53. The van der Waals surface area contributed by atoms with Crippen LogP contribution in [0, 0.1) is 11.6 Å². The molecule has 2 aromatic rings. The van der Waals surface area contributed by atoms with Gasteiger partial charge in [-0.05, 0) is 20.8 Å². The number of rotatable bonds is 1. The van der Waals surface area contributed by atoms with Gasteiger partial charge < -0.3 is 9.55 Å². The molecule has 0 aliphatic heterocycles. The molecule has 4 nitrogen and oxygen atoms in total. The van der Waals surface area contributed by atoms with Gasteiger partial charge in [0.05, 0.1) is 6.33 Å². The summed E-state index contributed by atoms with van der Waals surface area (Å²) in [6, 6.07) is 0.351. The summed E-state index contributed by atoms with van der Waals surface area (Å²) in [5.74, 6) is 0.824. The number of nitrogens with one attached hydrogen (secondary N) is 1. The minimum absolute atomic E-state index is 0.351. The maximum absolute atomic E-state index is 5.17. The highest BCUT2D eigenvalue weighted by atomic mass is 32.1. The van der Waals surface area contributed by atoms with Crippen LogP contribution in [0.5, 0.6) is 0 Å². The van der Waals surface area contributed by atoms with E-state index in [0.29, 0.717) is 10.7 Å². The molecule has 0 atom stereocenters. The third kappa shape index (κ3) is 1.33. The van der Waals surface area contributed by atoms with Crippen LogP contribution in [0.4, 0.5) is 0 Å². The Morgan fingerprint density at radius 2 is 2.21 bits per heavy atom. The fraction of sp³-hybridized carbons (Fsp3) is 0.444. The summed E-state index contributed by atoms with van der Waals surface area (Å²) in [5.41, 5.74) is 1.64. The Hall–Kier alpha value is -1.23. The zero-order valence-electron chi connectivity index (χ0n) is 8.40. The van der Waals surface area contributed by atoms with Crippen molar-refractivity contribution in [1.29, 1.82) is 0 Å². The van der Waals surface area contributed by atoms with Crippen molar-refractivity contribution in [1.82, 2.24) is 19.5 Å². The van der Waals surface area contributed by atoms with E-state index in [1.807, 2.05) is 11.5 Å². The Morgan fingerprint density at radius 3 is 2.86 bits per heavy atom. The standard InChI is InChI=1S/C9H12N4S/c1-5(2)13-4-10-7-8(13)11-6(3)12-9(7)14/h4-5H,1-3H3,(H,11,12,14). The van der Waals surface area contributed by atoms with Crippen LogP contribution in [0.1, 0.15) is 25.7 Å². The number of imidazole rings is 1. The summed E-state index contributed by atoms with van der Waals surface area (Å²) >= 11 is 5.17. The molecule has 5 heteroatoms. The number of aromatic nitrogens is 4. The summed E-state index contributed by atoms with van der Waals surface area (Å²) in [5, 5.41) is 0. The summed E-state index contributed by atoms with van der Waals surface area (Å²) < 4.78 is 2.68. The van der Waals surface area contributed by atoms with E-state index in [2.05, 4.69) is 28.8 Å². The minimum atomic E-state index is 0.351. The molecule has 1 N–H and O–H groups in total. The first-order valence-corrected chi connectivity index (χ1v) is 4.94. The van der Waals surface area contributed by atoms with Gasteiger partial charge in [-0.2, -0.15) is 0 Å². The van der Waals surface area contributed by atoms with Crippen LogP contribution in [0.25, 0.3) is 11.2 Å². The normalized spacial score (nSPS) is 11.4. The van der Waals surface area contributed by atoms with Gasteiger partial charge >= 0.3 is 0 Å². The number of hydrogen-bond acceptors (Lipinski definition) is 3. The van der Waals surface area contributed by atoms with Crippen molar-refractivity contribution in [2.45, 2.75) is 26.8 Å². The SMILES string of the molecule is Cc1nc2c(ncn2C(C)C)c(=S)[nH]1. The van der Waals surface area contributed by atoms with Crippen LogP contribution in [0.15, 0.2) is 6.33 Å². The lowest BCUT2D eigenvalue weighted by Gasteiger charge is -2.06. The molecule has 0 saturated heterocycles. The van der Waals surface area contributed by atoms with Crippen LogP contribution < -0.4 is 0 Å². The number of H-pyrrole nitrogens is 1. The third-order valence-electron chi connectivity index (χ3n) is 2.11. The van der Waals surface area contributed by atoms with Crippen LogP contribution in [-0.2, 0) is 0 Å². The summed E-state index contributed by atoms with van der Waals surface area (Å²) in [6.45, 7) is 6.09. The molecule has 2 rings (SSSR count). The maximum atomic E-state index is 5.17. The fourth-order valence-electron chi connectivity index (χ4n) is 1.41. The number of hydrogen-bond donors (Lipinski definition) is 1. The van der Waals surface area contributed by atoms with Crippen molar-refractivity contribution in [3.05, 3.63) is 16.8 Å². The van der Waals surface area contributed by atoms with Gasteiger partial charge in [-0.25, -0.2) is 9.97 Å². The maximum Gasteiger partial charge on any atom is 0.165 e. The quantitative estimate of drug-likeness (QED) is 0.732. The molecule has 0 unspecified atom stereocenters. The van der Waals surface area contributed by atoms with Gasteiger partial charge in [-0.1, -0.05) is 12.2 Å². The highest BCUT2D eigenvalue weighted by molar-refractivity contribution is 7.71. The Labute approximate surface area is 87.0 Å². The van der Waals surface area contributed by atoms with Crippen molar-refractivity contribution < 1.29 is 0 Å². The van der Waals surface area contributed by atoms with Crippen molar-refractivity contribution in [3.63, 3.8) is 0 Å². The number of aryl methyl sites for hydroxylation is 1. The molecule has 0 saturated carbocycles. The van der Waals surface area contributed by atoms with Crippen molar-refractivity contribution in [2.24, 2.45) is 0 Å². The van der Waals surface area contributed by atoms with Crippen LogP contribution in [0.3, 0.4) is 0 Å². The summed E-state index contributed by atoms with van der Waals surface area (Å²) in [7, 11) is 0. The van der Waals surface area contributed by atoms with E-state index in [9.17, 15) is 0 Å². The average Bonchev–Trinajstić information content (AvgIpc) is 2.47. The van der Waals surface area contributed by atoms with E-state index in [1.165, 1.54) is 0 Å². The van der Waals surface area contributed by atoms with Crippen molar-refractivity contribution in [3.8, 4) is 0 Å². The molecule has 0 aliphatic rings. The van der Waals surface area contributed by atoms with Gasteiger partial charge in [-0.15, -0.1) is 0 Å². The molecular weight excluding hydrogens is 196 g/mol. The van der Waals surface area contributed by atoms with E-state index in [1.54, 1.807) is 6.33 Å². The summed E-state index contributed by atoms with van der Waals surface area (Å²) in [6.07, 6.45) is 1.78. The molecule has 0 amide bonds. The topological polar surface area (TPSA) is 46.5 Å². The molecule has 2 aromatic heterocycles. The van der Waals surface area contributed by atoms with Crippen molar-refractivity contribution in [2.75, 3.05) is 0 Å². The van der Waals surface area contributed by atoms with Crippen LogP contribution in [0.2, 0.25) is 0 Å². The molecule has 2 heterocycles. The Balaban J connectivity index is 2.85. The second-order valence-corrected chi connectivity index (χ2v) is 3.98. The smallest absolute Gasteiger partial charge is 0.165 e. The minimum Gasteiger partial charge on any atom is -0.333 e. The average molecular weight is 208 g/mol. The van der Waals surface area contributed by atoms with Gasteiger partial charge in [0.1, 0.15) is 16.0 Å². The number of aromatic amines is 1. The van der Waals surface area contributed by atoms with E-state index < -0.39 is 0 Å². The molecule has 0 aromatic carbocycles. The molecule has 14 heavy (non-hydrogen) atoms. The molecule has 0 aliphatic carbocycles. The molecule has 74 valence electrons. The highest BCUT2D eigenvalue weighted by Crippen LogP contribution is 2.15. The van der Waals surface area contributed by atoms with Crippen molar-refractivity contribution >= 4 is 23.4 Å². The monoisotopic (exact) mass is 208 g/mol. The lowest BCUT2D eigenvalue weighted by Crippen LogP contribution is -2.01. The largest absolute Gasteiger partial charge is 0.333 e. The second kappa shape index (κ2) is 3.16. The van der Waals surface area contributed by atoms with Gasteiger partial charge in [0.2, 0.25) is 0 Å². The molecule has 0 spiro atoms.